The van der Waals surface area contributed by atoms with E-state index in [-0.39, 0.29) is 28.5 Å². The van der Waals surface area contributed by atoms with Gasteiger partial charge in [-0.1, -0.05) is 35.3 Å². The number of hydrogen-bond acceptors (Lipinski definition) is 6. The number of rotatable bonds is 7. The van der Waals surface area contributed by atoms with Crippen LogP contribution in [-0.2, 0) is 16.2 Å². The number of thiocarbonyl (C=S) groups is 1. The van der Waals surface area contributed by atoms with Crippen LogP contribution in [0.2, 0.25) is 10.0 Å². The van der Waals surface area contributed by atoms with Crippen molar-refractivity contribution in [3.05, 3.63) is 91.4 Å². The first-order valence-electron chi connectivity index (χ1n) is 10.8. The highest BCUT2D eigenvalue weighted by Gasteiger charge is 2.35. The Kier molecular flexibility index (Phi) is 8.37. The maximum absolute atomic E-state index is 13.3. The molecule has 0 spiro atoms. The number of anilines is 1. The smallest absolute Gasteiger partial charge is 0.335 e. The quantitative estimate of drug-likeness (QED) is 0.190. The topological polar surface area (TPSA) is 105 Å². The Hall–Kier alpha value is -3.44. The Morgan fingerprint density at radius 3 is 2.61 bits per heavy atom. The Balaban J connectivity index is 1.65. The van der Waals surface area contributed by atoms with Gasteiger partial charge >= 0.3 is 5.97 Å². The van der Waals surface area contributed by atoms with Crippen LogP contribution in [0.15, 0.2) is 64.6 Å². The molecule has 194 valence electrons. The molecule has 0 atom stereocenters. The molecule has 0 saturated carbocycles. The van der Waals surface area contributed by atoms with Crippen LogP contribution in [0.1, 0.15) is 21.5 Å². The molecule has 38 heavy (non-hydrogen) atoms. The first-order valence-corrected chi connectivity index (χ1v) is 12.7. The molecule has 3 aromatic rings. The number of amides is 2. The molecule has 1 aliphatic rings. The van der Waals surface area contributed by atoms with Gasteiger partial charge in [0.2, 0.25) is 0 Å². The molecule has 2 amide bonds. The fraction of sp³-hybridized carbons (Fsp3) is 0.0769. The molecule has 2 N–H and O–H groups in total. The van der Waals surface area contributed by atoms with Crippen LogP contribution in [0.4, 0.5) is 5.69 Å². The summed E-state index contributed by atoms with van der Waals surface area (Å²) in [6.07, 6.45) is 1.38. The van der Waals surface area contributed by atoms with Crippen LogP contribution in [-0.4, -0.2) is 35.1 Å². The number of nitrogens with one attached hydrogen (secondary N) is 1. The zero-order valence-corrected chi connectivity index (χ0v) is 23.4. The summed E-state index contributed by atoms with van der Waals surface area (Å²) < 4.78 is 11.9. The summed E-state index contributed by atoms with van der Waals surface area (Å²) in [5, 5.41) is 12.6. The van der Waals surface area contributed by atoms with E-state index in [9.17, 15) is 19.5 Å². The summed E-state index contributed by atoms with van der Waals surface area (Å²) in [6.45, 7) is 0.133. The molecule has 12 heteroatoms. The number of carboxylic acids is 1. The second-order valence-corrected chi connectivity index (χ2v) is 9.96. The molecule has 4 rings (SSSR count). The van der Waals surface area contributed by atoms with E-state index in [0.717, 1.165) is 4.90 Å². The van der Waals surface area contributed by atoms with E-state index in [2.05, 4.69) is 21.2 Å². The summed E-state index contributed by atoms with van der Waals surface area (Å²) in [5.74, 6) is -1.86. The normalized spacial score (nSPS) is 14.5. The number of hydrogen-bond donors (Lipinski definition) is 2. The van der Waals surface area contributed by atoms with Crippen LogP contribution < -0.4 is 19.7 Å². The number of nitrogens with zero attached hydrogens (tertiary/aromatic N) is 1. The number of methoxy groups -OCH3 is 1. The molecule has 0 radical (unpaired) electrons. The second kappa shape index (κ2) is 11.5. The van der Waals surface area contributed by atoms with Gasteiger partial charge in [-0.05, 0) is 82.3 Å². The van der Waals surface area contributed by atoms with Gasteiger partial charge in [0.1, 0.15) is 12.2 Å². The Labute approximate surface area is 240 Å². The molecule has 0 bridgehead atoms. The number of aromatic carboxylic acids is 1. The molecule has 0 aromatic heterocycles. The van der Waals surface area contributed by atoms with Crippen molar-refractivity contribution in [1.82, 2.24) is 5.32 Å². The van der Waals surface area contributed by atoms with Gasteiger partial charge in [-0.2, -0.15) is 0 Å². The summed E-state index contributed by atoms with van der Waals surface area (Å²) in [5.41, 5.74) is 1.12. The fourth-order valence-electron chi connectivity index (χ4n) is 3.59. The SMILES string of the molecule is COc1cc(C=C2C(=O)NC(=S)N(c3cccc(C(=O)O)c3)C2=O)cc(Br)c1OCc1ccc(Cl)cc1Cl. The number of carboxylic acid groups (broad SMARTS) is 1. The largest absolute Gasteiger partial charge is 0.493 e. The van der Waals surface area contributed by atoms with Crippen LogP contribution in [0.25, 0.3) is 6.08 Å². The molecule has 1 saturated heterocycles. The lowest BCUT2D eigenvalue weighted by molar-refractivity contribution is -0.122. The van der Waals surface area contributed by atoms with Gasteiger partial charge in [-0.25, -0.2) is 4.79 Å². The predicted octanol–water partition coefficient (Wildman–Crippen LogP) is 5.87. The predicted molar refractivity (Wildman–Crippen MR) is 151 cm³/mol. The van der Waals surface area contributed by atoms with Gasteiger partial charge in [-0.3, -0.25) is 19.8 Å². The summed E-state index contributed by atoms with van der Waals surface area (Å²) >= 11 is 20.8. The maximum atomic E-state index is 13.3. The van der Waals surface area contributed by atoms with Gasteiger partial charge in [0, 0.05) is 15.6 Å². The minimum Gasteiger partial charge on any atom is -0.493 e. The van der Waals surface area contributed by atoms with Crippen molar-refractivity contribution in [3.63, 3.8) is 0 Å². The average molecular weight is 636 g/mol. The molecular formula is C26H17BrCl2N2O6S. The van der Waals surface area contributed by atoms with Crippen molar-refractivity contribution in [2.45, 2.75) is 6.61 Å². The van der Waals surface area contributed by atoms with E-state index in [0.29, 0.717) is 37.1 Å². The first kappa shape index (κ1) is 27.6. The zero-order chi connectivity index (χ0) is 27.6. The van der Waals surface area contributed by atoms with Gasteiger partial charge in [0.05, 0.1) is 22.8 Å². The zero-order valence-electron chi connectivity index (χ0n) is 19.5. The van der Waals surface area contributed by atoms with Gasteiger partial charge in [0.25, 0.3) is 11.8 Å². The molecule has 1 fully saturated rings. The van der Waals surface area contributed by atoms with Gasteiger partial charge in [-0.15, -0.1) is 0 Å². The lowest BCUT2D eigenvalue weighted by Crippen LogP contribution is -2.54. The highest BCUT2D eigenvalue weighted by molar-refractivity contribution is 9.10. The van der Waals surface area contributed by atoms with Crippen molar-refractivity contribution in [1.29, 1.82) is 0 Å². The van der Waals surface area contributed by atoms with E-state index in [4.69, 9.17) is 44.9 Å². The van der Waals surface area contributed by atoms with Crippen LogP contribution >= 0.6 is 51.3 Å². The van der Waals surface area contributed by atoms with Crippen molar-refractivity contribution in [2.75, 3.05) is 12.0 Å². The van der Waals surface area contributed by atoms with Crippen molar-refractivity contribution in [2.24, 2.45) is 0 Å². The second-order valence-electron chi connectivity index (χ2n) is 7.87. The number of carbonyl (C=O) groups excluding carboxylic acids is 2. The van der Waals surface area contributed by atoms with Crippen LogP contribution in [0.3, 0.4) is 0 Å². The summed E-state index contributed by atoms with van der Waals surface area (Å²) in [7, 11) is 1.45. The van der Waals surface area contributed by atoms with Crippen LogP contribution in [0, 0.1) is 0 Å². The summed E-state index contributed by atoms with van der Waals surface area (Å²) in [6, 6.07) is 14.0. The summed E-state index contributed by atoms with van der Waals surface area (Å²) in [4.78, 5) is 38.5. The highest BCUT2D eigenvalue weighted by atomic mass is 79.9. The molecule has 8 nitrogen and oxygen atoms in total. The molecule has 0 aliphatic carbocycles. The van der Waals surface area contributed by atoms with Crippen molar-refractivity contribution < 1.29 is 29.0 Å². The Bertz CT molecular complexity index is 1530. The number of halogens is 3. The van der Waals surface area contributed by atoms with E-state index in [1.54, 1.807) is 30.3 Å². The van der Waals surface area contributed by atoms with E-state index in [1.807, 2.05) is 0 Å². The average Bonchev–Trinajstić information content (AvgIpc) is 2.86. The Morgan fingerprint density at radius 2 is 1.92 bits per heavy atom. The molecule has 1 heterocycles. The third kappa shape index (κ3) is 5.83. The molecule has 3 aromatic carbocycles. The Morgan fingerprint density at radius 1 is 1.16 bits per heavy atom. The first-order chi connectivity index (χ1) is 18.1. The minimum atomic E-state index is -1.17. The number of carbonyl (C=O) groups is 3. The third-order valence-electron chi connectivity index (χ3n) is 5.40. The number of ether oxygens (including phenoxy) is 2. The van der Waals surface area contributed by atoms with E-state index >= 15 is 0 Å². The third-order valence-corrected chi connectivity index (χ3v) is 6.86. The molecular weight excluding hydrogens is 619 g/mol. The van der Waals surface area contributed by atoms with E-state index < -0.39 is 17.8 Å². The monoisotopic (exact) mass is 634 g/mol. The molecule has 1 aliphatic heterocycles. The minimum absolute atomic E-state index is 0.0373. The van der Waals surface area contributed by atoms with E-state index in [1.165, 1.54) is 37.5 Å². The lowest BCUT2D eigenvalue weighted by atomic mass is 10.1. The standard InChI is InChI=1S/C26H17BrCl2N2O6S/c1-36-21-9-13(8-19(27)22(21)37-12-15-5-6-16(28)11-20(15)29)7-18-23(32)30-26(38)31(24(18)33)17-4-2-3-14(10-17)25(34)35/h2-11H,12H2,1H3,(H,34,35)(H,30,32,38). The molecule has 0 unspecified atom stereocenters. The maximum Gasteiger partial charge on any atom is 0.335 e. The van der Waals surface area contributed by atoms with Crippen molar-refractivity contribution in [3.8, 4) is 11.5 Å². The lowest BCUT2D eigenvalue weighted by Gasteiger charge is -2.29. The van der Waals surface area contributed by atoms with Crippen LogP contribution in [0.5, 0.6) is 11.5 Å². The van der Waals surface area contributed by atoms with Gasteiger partial charge < -0.3 is 14.6 Å². The highest BCUT2D eigenvalue weighted by Crippen LogP contribution is 2.38. The number of benzene rings is 3. The fourth-order valence-corrected chi connectivity index (χ4v) is 4.91. The van der Waals surface area contributed by atoms with Gasteiger partial charge in [0.15, 0.2) is 16.6 Å². The van der Waals surface area contributed by atoms with Crippen molar-refractivity contribution >= 4 is 86.0 Å².